The number of aromatic amines is 1. The number of benzene rings is 1. The lowest BCUT2D eigenvalue weighted by molar-refractivity contribution is -0.138. The Labute approximate surface area is 220 Å². The van der Waals surface area contributed by atoms with Crippen molar-refractivity contribution in [2.75, 3.05) is 18.6 Å². The number of nitrogens with zero attached hydrogens (tertiary/aromatic N) is 1. The first-order valence-corrected chi connectivity index (χ1v) is 14.3. The summed E-state index contributed by atoms with van der Waals surface area (Å²) in [5, 5.41) is 9.65. The Morgan fingerprint density at radius 3 is 2.59 bits per heavy atom. The van der Waals surface area contributed by atoms with Gasteiger partial charge in [-0.3, -0.25) is 14.4 Å². The fourth-order valence-electron chi connectivity index (χ4n) is 5.40. The van der Waals surface area contributed by atoms with E-state index in [1.54, 1.807) is 6.20 Å². The molecule has 0 unspecified atom stereocenters. The number of amides is 5. The predicted octanol–water partition coefficient (Wildman–Crippen LogP) is 1.64. The van der Waals surface area contributed by atoms with Gasteiger partial charge in [-0.2, -0.15) is 11.8 Å². The number of para-hydroxylation sites is 1. The summed E-state index contributed by atoms with van der Waals surface area (Å²) < 4.78 is 0. The Bertz CT molecular complexity index is 1130. The topological polar surface area (TPSA) is 149 Å². The van der Waals surface area contributed by atoms with Crippen LogP contribution in [0.15, 0.2) is 30.5 Å². The molecule has 1 saturated carbocycles. The third-order valence-electron chi connectivity index (χ3n) is 7.27. The first-order valence-electron chi connectivity index (χ1n) is 12.9. The van der Waals surface area contributed by atoms with Crippen LogP contribution in [-0.2, 0) is 20.8 Å². The van der Waals surface area contributed by atoms with Gasteiger partial charge >= 0.3 is 6.03 Å². The van der Waals surface area contributed by atoms with Crippen LogP contribution in [0.3, 0.4) is 0 Å². The quantitative estimate of drug-likeness (QED) is 0.335. The zero-order valence-corrected chi connectivity index (χ0v) is 21.9. The molecule has 1 aromatic heterocycles. The molecule has 0 radical (unpaired) electrons. The number of H-pyrrole nitrogens is 1. The van der Waals surface area contributed by atoms with Crippen molar-refractivity contribution in [1.29, 1.82) is 0 Å². The number of nitrogens with two attached hydrogens (primary N) is 1. The fraction of sp³-hybridized carbons (Fsp3) is 0.538. The van der Waals surface area contributed by atoms with Gasteiger partial charge in [0, 0.05) is 36.1 Å². The van der Waals surface area contributed by atoms with Crippen molar-refractivity contribution in [2.45, 2.75) is 69.1 Å². The monoisotopic (exact) mass is 528 g/mol. The molecule has 2 aliphatic rings. The van der Waals surface area contributed by atoms with E-state index in [0.717, 1.165) is 42.1 Å². The van der Waals surface area contributed by atoms with Gasteiger partial charge in [0.15, 0.2) is 0 Å². The molecule has 2 heterocycles. The third-order valence-corrected chi connectivity index (χ3v) is 7.81. The molecule has 10 nitrogen and oxygen atoms in total. The molecule has 0 bridgehead atoms. The summed E-state index contributed by atoms with van der Waals surface area (Å²) in [5.74, 6) is -1.13. The minimum atomic E-state index is -0.971. The lowest BCUT2D eigenvalue weighted by atomic mass is 9.96. The Kier molecular flexibility index (Phi) is 8.96. The molecular formula is C26H36N6O4S. The number of carbonyl (C=O) groups is 4. The van der Waals surface area contributed by atoms with Gasteiger partial charge in [0.05, 0.1) is 11.8 Å². The Hall–Kier alpha value is -3.21. The molecule has 6 N–H and O–H groups in total. The molecular weight excluding hydrogens is 492 g/mol. The number of thioether (sulfide) groups is 1. The van der Waals surface area contributed by atoms with E-state index in [2.05, 4.69) is 20.9 Å². The van der Waals surface area contributed by atoms with Crippen LogP contribution >= 0.6 is 11.8 Å². The van der Waals surface area contributed by atoms with Crippen LogP contribution < -0.4 is 21.7 Å². The average Bonchev–Trinajstić information content (AvgIpc) is 3.48. The van der Waals surface area contributed by atoms with Gasteiger partial charge in [-0.15, -0.1) is 0 Å². The molecule has 37 heavy (non-hydrogen) atoms. The van der Waals surface area contributed by atoms with Gasteiger partial charge in [-0.05, 0) is 37.1 Å². The number of carbonyl (C=O) groups excluding carboxylic acids is 4. The summed E-state index contributed by atoms with van der Waals surface area (Å²) in [6.07, 6.45) is 9.50. The van der Waals surface area contributed by atoms with Crippen molar-refractivity contribution >= 4 is 46.4 Å². The third kappa shape index (κ3) is 6.57. The van der Waals surface area contributed by atoms with Crippen LogP contribution in [0.4, 0.5) is 4.79 Å². The molecule has 1 aromatic carbocycles. The Morgan fingerprint density at radius 2 is 1.86 bits per heavy atom. The summed E-state index contributed by atoms with van der Waals surface area (Å²) in [4.78, 5) is 56.2. The standard InChI is InChI=1S/C26H36N6O4S/c1-37-15-22(33)32-12-11-20(31-26(36)29-17-7-3-2-4-8-17)23(32)25(35)30-21(24(27)34)13-16-14-28-19-10-6-5-9-18(16)19/h5-6,9-10,14,17,20-21,23,28H,2-4,7-8,11-13,15H2,1H3,(H2,27,34)(H,30,35)(H2,29,31,36)/t20-,21+,23-/m0/s1. The van der Waals surface area contributed by atoms with E-state index >= 15 is 0 Å². The maximum absolute atomic E-state index is 13.6. The van der Waals surface area contributed by atoms with E-state index in [9.17, 15) is 19.2 Å². The lowest BCUT2D eigenvalue weighted by Crippen LogP contribution is -2.59. The number of urea groups is 1. The zero-order valence-electron chi connectivity index (χ0n) is 21.1. The first kappa shape index (κ1) is 26.8. The van der Waals surface area contributed by atoms with Gasteiger partial charge in [-0.1, -0.05) is 37.5 Å². The van der Waals surface area contributed by atoms with Crippen LogP contribution in [-0.4, -0.2) is 76.4 Å². The van der Waals surface area contributed by atoms with Gasteiger partial charge in [0.25, 0.3) is 0 Å². The number of primary amides is 1. The van der Waals surface area contributed by atoms with Crippen LogP contribution in [0.5, 0.6) is 0 Å². The second-order valence-electron chi connectivity index (χ2n) is 9.84. The van der Waals surface area contributed by atoms with E-state index in [-0.39, 0.29) is 30.2 Å². The lowest BCUT2D eigenvalue weighted by Gasteiger charge is -2.30. The number of hydrogen-bond donors (Lipinski definition) is 5. The number of hydrogen-bond acceptors (Lipinski definition) is 5. The highest BCUT2D eigenvalue weighted by atomic mass is 32.2. The molecule has 5 amide bonds. The molecule has 3 atom stereocenters. The highest BCUT2D eigenvalue weighted by Crippen LogP contribution is 2.23. The second kappa shape index (κ2) is 12.4. The molecule has 0 spiro atoms. The van der Waals surface area contributed by atoms with Gasteiger partial charge in [0.1, 0.15) is 12.1 Å². The van der Waals surface area contributed by atoms with E-state index in [4.69, 9.17) is 5.73 Å². The fourth-order valence-corrected chi connectivity index (χ4v) is 5.81. The largest absolute Gasteiger partial charge is 0.368 e. The first-order chi connectivity index (χ1) is 17.9. The molecule has 4 rings (SSSR count). The smallest absolute Gasteiger partial charge is 0.315 e. The molecule has 1 aliphatic heterocycles. The maximum Gasteiger partial charge on any atom is 0.315 e. The molecule has 1 aliphatic carbocycles. The van der Waals surface area contributed by atoms with Crippen LogP contribution in [0.2, 0.25) is 0 Å². The van der Waals surface area contributed by atoms with Gasteiger partial charge in [-0.25, -0.2) is 4.79 Å². The van der Waals surface area contributed by atoms with Crippen molar-refractivity contribution < 1.29 is 19.2 Å². The summed E-state index contributed by atoms with van der Waals surface area (Å²) in [6, 6.07) is 4.99. The summed E-state index contributed by atoms with van der Waals surface area (Å²) in [6.45, 7) is 0.343. The van der Waals surface area contributed by atoms with E-state index < -0.39 is 29.9 Å². The van der Waals surface area contributed by atoms with Crippen molar-refractivity contribution in [3.8, 4) is 0 Å². The molecule has 2 fully saturated rings. The van der Waals surface area contributed by atoms with Gasteiger partial charge in [0.2, 0.25) is 17.7 Å². The second-order valence-corrected chi connectivity index (χ2v) is 10.7. The van der Waals surface area contributed by atoms with E-state index in [0.29, 0.717) is 13.0 Å². The highest BCUT2D eigenvalue weighted by Gasteiger charge is 2.43. The van der Waals surface area contributed by atoms with Crippen molar-refractivity contribution in [1.82, 2.24) is 25.8 Å². The molecule has 11 heteroatoms. The van der Waals surface area contributed by atoms with E-state index in [1.807, 2.05) is 30.5 Å². The predicted molar refractivity (Wildman–Crippen MR) is 144 cm³/mol. The number of likely N-dealkylation sites (tertiary alicyclic amines) is 1. The summed E-state index contributed by atoms with van der Waals surface area (Å²) >= 11 is 1.37. The zero-order chi connectivity index (χ0) is 26.4. The number of aromatic nitrogens is 1. The summed E-state index contributed by atoms with van der Waals surface area (Å²) in [5.41, 5.74) is 7.45. The van der Waals surface area contributed by atoms with E-state index in [1.165, 1.54) is 23.1 Å². The number of fused-ring (bicyclic) bond motifs is 1. The highest BCUT2D eigenvalue weighted by molar-refractivity contribution is 7.99. The molecule has 2 aromatic rings. The molecule has 200 valence electrons. The van der Waals surface area contributed by atoms with Crippen molar-refractivity contribution in [2.24, 2.45) is 5.73 Å². The normalized spacial score (nSPS) is 20.9. The van der Waals surface area contributed by atoms with Crippen LogP contribution in [0, 0.1) is 0 Å². The minimum absolute atomic E-state index is 0.118. The Balaban J connectivity index is 1.48. The van der Waals surface area contributed by atoms with Crippen molar-refractivity contribution in [3.63, 3.8) is 0 Å². The average molecular weight is 529 g/mol. The van der Waals surface area contributed by atoms with Gasteiger partial charge < -0.3 is 31.6 Å². The van der Waals surface area contributed by atoms with Crippen LogP contribution in [0.1, 0.15) is 44.1 Å². The Morgan fingerprint density at radius 1 is 1.11 bits per heavy atom. The SMILES string of the molecule is CSCC(=O)N1CC[C@H](NC(=O)NC2CCCCC2)[C@H]1C(=O)N[C@H](Cc1c[nH]c2ccccc12)C(N)=O. The maximum atomic E-state index is 13.6. The van der Waals surface area contributed by atoms with Crippen molar-refractivity contribution in [3.05, 3.63) is 36.0 Å². The number of rotatable bonds is 9. The molecule has 1 saturated heterocycles. The minimum Gasteiger partial charge on any atom is -0.368 e. The summed E-state index contributed by atoms with van der Waals surface area (Å²) in [7, 11) is 0. The number of nitrogens with one attached hydrogen (secondary N) is 4. The van der Waals surface area contributed by atoms with Crippen LogP contribution in [0.25, 0.3) is 10.9 Å².